The maximum absolute atomic E-state index is 12.1. The lowest BCUT2D eigenvalue weighted by atomic mass is 10.1. The Bertz CT molecular complexity index is 804. The van der Waals surface area contributed by atoms with Crippen LogP contribution in [0.2, 0.25) is 0 Å². The number of nitrogens with one attached hydrogen (secondary N) is 1. The minimum absolute atomic E-state index is 0.0220. The fourth-order valence-electron chi connectivity index (χ4n) is 2.25. The van der Waals surface area contributed by atoms with Gasteiger partial charge in [-0.25, -0.2) is 4.79 Å². The van der Waals surface area contributed by atoms with Crippen molar-refractivity contribution in [2.24, 2.45) is 0 Å². The van der Waals surface area contributed by atoms with Crippen LogP contribution in [0.1, 0.15) is 18.1 Å². The van der Waals surface area contributed by atoms with Crippen molar-refractivity contribution < 1.29 is 27.8 Å². The number of benzene rings is 2. The summed E-state index contributed by atoms with van der Waals surface area (Å²) in [6.07, 6.45) is 3.36. The number of hydrogen-bond donors (Lipinski definition) is 1. The first kappa shape index (κ1) is 20.1. The summed E-state index contributed by atoms with van der Waals surface area (Å²) in [5.41, 5.74) is 2.26. The standard InChI is InChI=1S/C20H19F2NO4/c1-2-15-5-3-4-6-17(15)23-18(24)13-26-19(25)12-9-14-7-10-16(11-8-14)27-20(21)22/h3-12,20H,2,13H2,1H3,(H,23,24)/b12-9+. The monoisotopic (exact) mass is 375 g/mol. The predicted molar refractivity (Wildman–Crippen MR) is 97.5 cm³/mol. The number of ether oxygens (including phenoxy) is 2. The average molecular weight is 375 g/mol. The molecule has 0 spiro atoms. The summed E-state index contributed by atoms with van der Waals surface area (Å²) in [7, 11) is 0. The van der Waals surface area contributed by atoms with E-state index in [2.05, 4.69) is 10.1 Å². The Morgan fingerprint density at radius 1 is 1.11 bits per heavy atom. The van der Waals surface area contributed by atoms with Crippen molar-refractivity contribution in [3.05, 3.63) is 65.7 Å². The summed E-state index contributed by atoms with van der Waals surface area (Å²) in [6.45, 7) is -1.33. The summed E-state index contributed by atoms with van der Waals surface area (Å²) in [5.74, 6) is -1.11. The molecule has 0 unspecified atom stereocenters. The number of anilines is 1. The highest BCUT2D eigenvalue weighted by atomic mass is 19.3. The number of alkyl halides is 2. The van der Waals surface area contributed by atoms with Crippen molar-refractivity contribution in [2.75, 3.05) is 11.9 Å². The van der Waals surface area contributed by atoms with Gasteiger partial charge in [0.25, 0.3) is 5.91 Å². The van der Waals surface area contributed by atoms with E-state index in [0.717, 1.165) is 18.1 Å². The highest BCUT2D eigenvalue weighted by Gasteiger charge is 2.08. The van der Waals surface area contributed by atoms with Gasteiger partial charge in [-0.1, -0.05) is 37.3 Å². The molecule has 0 atom stereocenters. The zero-order chi connectivity index (χ0) is 19.6. The molecule has 0 aliphatic heterocycles. The number of carbonyl (C=O) groups is 2. The third kappa shape index (κ3) is 6.89. The maximum Gasteiger partial charge on any atom is 0.387 e. The Morgan fingerprint density at radius 3 is 2.48 bits per heavy atom. The molecule has 0 heterocycles. The van der Waals surface area contributed by atoms with E-state index in [9.17, 15) is 18.4 Å². The molecule has 1 N–H and O–H groups in total. The van der Waals surface area contributed by atoms with Gasteiger partial charge in [-0.2, -0.15) is 8.78 Å². The maximum atomic E-state index is 12.1. The third-order valence-electron chi connectivity index (χ3n) is 3.54. The van der Waals surface area contributed by atoms with Gasteiger partial charge in [0.1, 0.15) is 5.75 Å². The van der Waals surface area contributed by atoms with Gasteiger partial charge < -0.3 is 14.8 Å². The van der Waals surface area contributed by atoms with E-state index in [1.54, 1.807) is 12.1 Å². The van der Waals surface area contributed by atoms with Crippen molar-refractivity contribution in [1.29, 1.82) is 0 Å². The third-order valence-corrected chi connectivity index (χ3v) is 3.54. The summed E-state index contributed by atoms with van der Waals surface area (Å²) in [5, 5.41) is 2.70. The number of amides is 1. The number of halogens is 2. The SMILES string of the molecule is CCc1ccccc1NC(=O)COC(=O)/C=C/c1ccc(OC(F)F)cc1. The molecule has 2 aromatic rings. The normalized spacial score (nSPS) is 10.8. The highest BCUT2D eigenvalue weighted by molar-refractivity contribution is 5.95. The van der Waals surface area contributed by atoms with Crippen LogP contribution in [-0.4, -0.2) is 25.1 Å². The fourth-order valence-corrected chi connectivity index (χ4v) is 2.25. The van der Waals surface area contributed by atoms with Crippen LogP contribution in [0.5, 0.6) is 5.75 Å². The number of carbonyl (C=O) groups excluding carboxylic acids is 2. The van der Waals surface area contributed by atoms with Crippen molar-refractivity contribution in [2.45, 2.75) is 20.0 Å². The van der Waals surface area contributed by atoms with Crippen molar-refractivity contribution in [3.8, 4) is 5.75 Å². The Morgan fingerprint density at radius 2 is 1.81 bits per heavy atom. The molecule has 0 saturated heterocycles. The second-order valence-electron chi connectivity index (χ2n) is 5.45. The number of esters is 1. The van der Waals surface area contributed by atoms with Crippen LogP contribution in [0.4, 0.5) is 14.5 Å². The van der Waals surface area contributed by atoms with E-state index < -0.39 is 25.1 Å². The Labute approximate surface area is 155 Å². The number of rotatable bonds is 8. The van der Waals surface area contributed by atoms with Gasteiger partial charge in [0.2, 0.25) is 0 Å². The molecule has 0 saturated carbocycles. The molecule has 5 nitrogen and oxygen atoms in total. The lowest BCUT2D eigenvalue weighted by Gasteiger charge is -2.09. The van der Waals surface area contributed by atoms with Crippen LogP contribution in [0.15, 0.2) is 54.6 Å². The first-order valence-corrected chi connectivity index (χ1v) is 8.25. The van der Waals surface area contributed by atoms with Crippen LogP contribution in [0, 0.1) is 0 Å². The van der Waals surface area contributed by atoms with Crippen LogP contribution in [0.3, 0.4) is 0 Å². The van der Waals surface area contributed by atoms with Gasteiger partial charge in [-0.05, 0) is 41.8 Å². The summed E-state index contributed by atoms with van der Waals surface area (Å²) in [6, 6.07) is 13.1. The lowest BCUT2D eigenvalue weighted by Crippen LogP contribution is -2.20. The van der Waals surface area contributed by atoms with Crippen molar-refractivity contribution in [3.63, 3.8) is 0 Å². The van der Waals surface area contributed by atoms with E-state index in [1.807, 2.05) is 19.1 Å². The summed E-state index contributed by atoms with van der Waals surface area (Å²) < 4.78 is 33.3. The van der Waals surface area contributed by atoms with Gasteiger partial charge in [-0.3, -0.25) is 4.79 Å². The van der Waals surface area contributed by atoms with Gasteiger partial charge in [0.15, 0.2) is 6.61 Å². The van der Waals surface area contributed by atoms with E-state index in [-0.39, 0.29) is 5.75 Å². The first-order valence-electron chi connectivity index (χ1n) is 8.25. The highest BCUT2D eigenvalue weighted by Crippen LogP contribution is 2.16. The van der Waals surface area contributed by atoms with Gasteiger partial charge in [0.05, 0.1) is 0 Å². The van der Waals surface area contributed by atoms with Gasteiger partial charge in [-0.15, -0.1) is 0 Å². The van der Waals surface area contributed by atoms with Crippen LogP contribution < -0.4 is 10.1 Å². The number of para-hydroxylation sites is 1. The molecular weight excluding hydrogens is 356 g/mol. The Kier molecular flexibility index (Phi) is 7.49. The van der Waals surface area contributed by atoms with Crippen molar-refractivity contribution in [1.82, 2.24) is 0 Å². The second kappa shape index (κ2) is 10.1. The number of aryl methyl sites for hydroxylation is 1. The second-order valence-corrected chi connectivity index (χ2v) is 5.45. The molecule has 27 heavy (non-hydrogen) atoms. The minimum atomic E-state index is -2.89. The molecule has 0 radical (unpaired) electrons. The van der Waals surface area contributed by atoms with Crippen LogP contribution >= 0.6 is 0 Å². The van der Waals surface area contributed by atoms with Crippen LogP contribution in [0.25, 0.3) is 6.08 Å². The first-order chi connectivity index (χ1) is 13.0. The van der Waals surface area contributed by atoms with E-state index in [4.69, 9.17) is 4.74 Å². The molecule has 142 valence electrons. The minimum Gasteiger partial charge on any atom is -0.452 e. The average Bonchev–Trinajstić information content (AvgIpc) is 2.66. The largest absolute Gasteiger partial charge is 0.452 e. The zero-order valence-electron chi connectivity index (χ0n) is 14.7. The summed E-state index contributed by atoms with van der Waals surface area (Å²) >= 11 is 0. The molecule has 0 bridgehead atoms. The molecular formula is C20H19F2NO4. The molecule has 0 aliphatic carbocycles. The van der Waals surface area contributed by atoms with E-state index >= 15 is 0 Å². The van der Waals surface area contributed by atoms with Crippen molar-refractivity contribution >= 4 is 23.6 Å². The van der Waals surface area contributed by atoms with Gasteiger partial charge in [0, 0.05) is 11.8 Å². The molecule has 0 fully saturated rings. The predicted octanol–water partition coefficient (Wildman–Crippen LogP) is 4.05. The van der Waals surface area contributed by atoms with Gasteiger partial charge >= 0.3 is 12.6 Å². The van der Waals surface area contributed by atoms with E-state index in [1.165, 1.54) is 30.3 Å². The Hall–Kier alpha value is -3.22. The fraction of sp³-hybridized carbons (Fsp3) is 0.200. The van der Waals surface area contributed by atoms with Crippen LogP contribution in [-0.2, 0) is 20.7 Å². The topological polar surface area (TPSA) is 64.6 Å². The molecule has 2 aromatic carbocycles. The Balaban J connectivity index is 1.81. The molecule has 2 rings (SSSR count). The summed E-state index contributed by atoms with van der Waals surface area (Å²) in [4.78, 5) is 23.6. The van der Waals surface area contributed by atoms with E-state index in [0.29, 0.717) is 11.3 Å². The quantitative estimate of drug-likeness (QED) is 0.559. The molecule has 0 aliphatic rings. The molecule has 1 amide bonds. The lowest BCUT2D eigenvalue weighted by molar-refractivity contribution is -0.142. The molecule has 0 aromatic heterocycles. The number of hydrogen-bond acceptors (Lipinski definition) is 4. The zero-order valence-corrected chi connectivity index (χ0v) is 14.7. The smallest absolute Gasteiger partial charge is 0.387 e. The molecule has 7 heteroatoms.